The summed E-state index contributed by atoms with van der Waals surface area (Å²) in [7, 11) is 0. The van der Waals surface area contributed by atoms with Crippen molar-refractivity contribution >= 4 is 6.71 Å². The van der Waals surface area contributed by atoms with Gasteiger partial charge in [0.15, 0.2) is 0 Å². The minimum absolute atomic E-state index is 1.12. The summed E-state index contributed by atoms with van der Waals surface area (Å²) in [4.78, 5) is 0. The molecule has 0 radical (unpaired) electrons. The molecule has 1 aliphatic rings. The molecule has 0 amide bonds. The van der Waals surface area contributed by atoms with Crippen LogP contribution in [-0.2, 0) is 0 Å². The van der Waals surface area contributed by atoms with Crippen LogP contribution in [0.1, 0.15) is 58.3 Å². The van der Waals surface area contributed by atoms with Crippen LogP contribution >= 0.6 is 0 Å². The van der Waals surface area contributed by atoms with E-state index in [1.807, 2.05) is 0 Å². The fourth-order valence-electron chi connectivity index (χ4n) is 2.51. The molecular formula is C12H25B. The lowest BCUT2D eigenvalue weighted by molar-refractivity contribution is 0.623. The van der Waals surface area contributed by atoms with E-state index in [9.17, 15) is 0 Å². The van der Waals surface area contributed by atoms with E-state index < -0.39 is 0 Å². The van der Waals surface area contributed by atoms with Gasteiger partial charge in [-0.1, -0.05) is 77.3 Å². The predicted octanol–water partition coefficient (Wildman–Crippen LogP) is 4.64. The Morgan fingerprint density at radius 1 is 0.846 bits per heavy atom. The minimum Gasteiger partial charge on any atom is -0.0742 e. The van der Waals surface area contributed by atoms with Crippen molar-refractivity contribution in [2.75, 3.05) is 0 Å². The van der Waals surface area contributed by atoms with Crippen molar-refractivity contribution < 1.29 is 0 Å². The zero-order chi connectivity index (χ0) is 9.36. The van der Waals surface area contributed by atoms with Crippen LogP contribution in [0.15, 0.2) is 0 Å². The quantitative estimate of drug-likeness (QED) is 0.395. The molecule has 1 saturated heterocycles. The van der Waals surface area contributed by atoms with Gasteiger partial charge < -0.3 is 0 Å². The number of rotatable bonds is 7. The summed E-state index contributed by atoms with van der Waals surface area (Å²) in [5.41, 5.74) is 0. The molecule has 1 heterocycles. The normalized spacial score (nSPS) is 16.8. The molecule has 0 saturated carbocycles. The molecule has 0 N–H and O–H groups in total. The first-order chi connectivity index (χ1) is 6.43. The van der Waals surface area contributed by atoms with E-state index in [1.54, 1.807) is 0 Å². The fourth-order valence-corrected chi connectivity index (χ4v) is 2.51. The first-order valence-electron chi connectivity index (χ1n) is 6.43. The maximum absolute atomic E-state index is 2.29. The maximum atomic E-state index is 2.29. The van der Waals surface area contributed by atoms with Gasteiger partial charge in [0, 0.05) is 0 Å². The monoisotopic (exact) mass is 180 g/mol. The van der Waals surface area contributed by atoms with E-state index in [0.717, 1.165) is 6.71 Å². The van der Waals surface area contributed by atoms with Gasteiger partial charge >= 0.3 is 0 Å². The second-order valence-corrected chi connectivity index (χ2v) is 4.71. The van der Waals surface area contributed by atoms with Crippen molar-refractivity contribution in [1.29, 1.82) is 0 Å². The summed E-state index contributed by atoms with van der Waals surface area (Å²) in [5.74, 6) is 0. The van der Waals surface area contributed by atoms with Crippen LogP contribution in [-0.4, -0.2) is 6.71 Å². The highest BCUT2D eigenvalue weighted by atomic mass is 14.0. The highest BCUT2D eigenvalue weighted by Crippen LogP contribution is 2.24. The Morgan fingerprint density at radius 2 is 1.46 bits per heavy atom. The second kappa shape index (κ2) is 7.47. The van der Waals surface area contributed by atoms with Crippen LogP contribution in [0.3, 0.4) is 0 Å². The Labute approximate surface area is 84.6 Å². The van der Waals surface area contributed by atoms with Crippen LogP contribution in [0.4, 0.5) is 0 Å². The molecule has 0 bridgehead atoms. The lowest BCUT2D eigenvalue weighted by atomic mass is 9.45. The molecule has 0 nitrogen and oxygen atoms in total. The molecule has 0 aromatic rings. The minimum atomic E-state index is 1.12. The number of hydrogen-bond donors (Lipinski definition) is 0. The van der Waals surface area contributed by atoms with E-state index in [1.165, 1.54) is 70.3 Å². The lowest BCUT2D eigenvalue weighted by Gasteiger charge is -2.04. The van der Waals surface area contributed by atoms with Gasteiger partial charge in [-0.2, -0.15) is 0 Å². The van der Waals surface area contributed by atoms with Crippen molar-refractivity contribution in [1.82, 2.24) is 0 Å². The van der Waals surface area contributed by atoms with E-state index in [-0.39, 0.29) is 0 Å². The van der Waals surface area contributed by atoms with Crippen LogP contribution < -0.4 is 0 Å². The van der Waals surface area contributed by atoms with Crippen molar-refractivity contribution in [2.45, 2.75) is 77.3 Å². The predicted molar refractivity (Wildman–Crippen MR) is 62.8 cm³/mol. The third kappa shape index (κ3) is 5.39. The third-order valence-corrected chi connectivity index (χ3v) is 3.44. The molecule has 0 unspecified atom stereocenters. The molecule has 0 aromatic heterocycles. The Bertz CT molecular complexity index is 106. The maximum Gasteiger partial charge on any atom is 0.139 e. The standard InChI is InChI=1S/C12H25B/c1-2-3-4-5-6-7-10-13-11-8-9-12-13/h2-12H2,1H3. The van der Waals surface area contributed by atoms with Crippen molar-refractivity contribution in [2.24, 2.45) is 0 Å². The Morgan fingerprint density at radius 3 is 2.15 bits per heavy atom. The van der Waals surface area contributed by atoms with Gasteiger partial charge in [0.25, 0.3) is 0 Å². The van der Waals surface area contributed by atoms with Crippen LogP contribution in [0.2, 0.25) is 19.0 Å². The van der Waals surface area contributed by atoms with Gasteiger partial charge in [0.2, 0.25) is 0 Å². The first-order valence-corrected chi connectivity index (χ1v) is 6.43. The van der Waals surface area contributed by atoms with Crippen LogP contribution in [0.5, 0.6) is 0 Å². The molecule has 0 aliphatic carbocycles. The van der Waals surface area contributed by atoms with Gasteiger partial charge in [-0.3, -0.25) is 0 Å². The molecule has 1 aliphatic heterocycles. The van der Waals surface area contributed by atoms with E-state index in [2.05, 4.69) is 6.92 Å². The van der Waals surface area contributed by atoms with Gasteiger partial charge in [-0.05, 0) is 0 Å². The summed E-state index contributed by atoms with van der Waals surface area (Å²) in [6, 6.07) is 0. The summed E-state index contributed by atoms with van der Waals surface area (Å²) < 4.78 is 0. The molecule has 0 aromatic carbocycles. The molecule has 1 heteroatoms. The third-order valence-electron chi connectivity index (χ3n) is 3.44. The molecular weight excluding hydrogens is 155 g/mol. The summed E-state index contributed by atoms with van der Waals surface area (Å²) >= 11 is 0. The number of unbranched alkanes of at least 4 members (excludes halogenated alkanes) is 5. The van der Waals surface area contributed by atoms with E-state index in [0.29, 0.717) is 0 Å². The average Bonchev–Trinajstić information content (AvgIpc) is 2.63. The molecule has 0 atom stereocenters. The molecule has 1 rings (SSSR count). The molecule has 13 heavy (non-hydrogen) atoms. The fraction of sp³-hybridized carbons (Fsp3) is 1.00. The molecule has 76 valence electrons. The zero-order valence-corrected chi connectivity index (χ0v) is 9.36. The summed E-state index contributed by atoms with van der Waals surface area (Å²) in [5, 5.41) is 0. The average molecular weight is 180 g/mol. The Balaban J connectivity index is 1.78. The lowest BCUT2D eigenvalue weighted by Crippen LogP contribution is -2.04. The molecule has 0 spiro atoms. The number of hydrogen-bond acceptors (Lipinski definition) is 0. The zero-order valence-electron chi connectivity index (χ0n) is 9.36. The first kappa shape index (κ1) is 11.1. The van der Waals surface area contributed by atoms with E-state index in [4.69, 9.17) is 0 Å². The van der Waals surface area contributed by atoms with Gasteiger partial charge in [-0.15, -0.1) is 0 Å². The highest BCUT2D eigenvalue weighted by Gasteiger charge is 2.17. The van der Waals surface area contributed by atoms with Gasteiger partial charge in [0.05, 0.1) is 0 Å². The summed E-state index contributed by atoms with van der Waals surface area (Å²) in [6.07, 6.45) is 16.4. The largest absolute Gasteiger partial charge is 0.139 e. The van der Waals surface area contributed by atoms with Gasteiger partial charge in [-0.25, -0.2) is 0 Å². The Kier molecular flexibility index (Phi) is 6.40. The smallest absolute Gasteiger partial charge is 0.0742 e. The van der Waals surface area contributed by atoms with Crippen molar-refractivity contribution in [3.05, 3.63) is 0 Å². The Hall–Kier alpha value is 0.0649. The van der Waals surface area contributed by atoms with Crippen LogP contribution in [0.25, 0.3) is 0 Å². The topological polar surface area (TPSA) is 0 Å². The highest BCUT2D eigenvalue weighted by molar-refractivity contribution is 6.59. The van der Waals surface area contributed by atoms with Crippen molar-refractivity contribution in [3.8, 4) is 0 Å². The van der Waals surface area contributed by atoms with E-state index >= 15 is 0 Å². The van der Waals surface area contributed by atoms with Gasteiger partial charge in [0.1, 0.15) is 6.71 Å². The van der Waals surface area contributed by atoms with Crippen molar-refractivity contribution in [3.63, 3.8) is 0 Å². The summed E-state index contributed by atoms with van der Waals surface area (Å²) in [6.45, 7) is 3.41. The molecule has 1 fully saturated rings. The van der Waals surface area contributed by atoms with Crippen LogP contribution in [0, 0.1) is 0 Å². The second-order valence-electron chi connectivity index (χ2n) is 4.71. The SMILES string of the molecule is CCCCCCCCB1CCCC1.